The highest BCUT2D eigenvalue weighted by atomic mass is 35.5. The number of esters is 1. The lowest BCUT2D eigenvalue weighted by Crippen LogP contribution is -2.44. The number of halogens is 1. The van der Waals surface area contributed by atoms with Gasteiger partial charge < -0.3 is 14.7 Å². The summed E-state index contributed by atoms with van der Waals surface area (Å²) in [7, 11) is 0. The van der Waals surface area contributed by atoms with Crippen molar-refractivity contribution in [2.45, 2.75) is 64.4 Å². The average molecular weight is 356 g/mol. The maximum atomic E-state index is 12.6. The van der Waals surface area contributed by atoms with Gasteiger partial charge in [0, 0.05) is 6.42 Å². The molecule has 0 aromatic heterocycles. The fourth-order valence-corrected chi connectivity index (χ4v) is 3.33. The number of hydrogen-bond donors (Lipinski definition) is 1. The zero-order valence-electron chi connectivity index (χ0n) is 14.4. The Kier molecular flexibility index (Phi) is 6.33. The van der Waals surface area contributed by atoms with E-state index in [0.717, 1.165) is 32.1 Å². The largest absolute Gasteiger partial charge is 0.511 e. The van der Waals surface area contributed by atoms with Gasteiger partial charge in [-0.1, -0.05) is 43.6 Å². The second kappa shape index (κ2) is 8.06. The van der Waals surface area contributed by atoms with Crippen molar-refractivity contribution in [3.05, 3.63) is 22.9 Å². The zero-order chi connectivity index (χ0) is 17.7. The first kappa shape index (κ1) is 18.8. The molecule has 1 spiro atoms. The highest BCUT2D eigenvalue weighted by Gasteiger charge is 2.44. The summed E-state index contributed by atoms with van der Waals surface area (Å²) in [5.74, 6) is 0.186. The molecule has 2 aliphatic rings. The molecule has 1 heterocycles. The van der Waals surface area contributed by atoms with E-state index in [2.05, 4.69) is 18.7 Å². The van der Waals surface area contributed by atoms with E-state index in [4.69, 9.17) is 21.2 Å². The van der Waals surface area contributed by atoms with Crippen LogP contribution >= 0.6 is 11.6 Å². The van der Waals surface area contributed by atoms with Gasteiger partial charge in [0.1, 0.15) is 16.9 Å². The number of carbonyl (C=O) groups excluding carboxylic acids is 1. The third-order valence-corrected chi connectivity index (χ3v) is 4.76. The second-order valence-electron chi connectivity index (χ2n) is 6.83. The Morgan fingerprint density at radius 2 is 2.17 bits per heavy atom. The normalized spacial score (nSPS) is 28.0. The molecule has 6 heteroatoms. The van der Waals surface area contributed by atoms with Crippen LogP contribution in [0.4, 0.5) is 0 Å². The fraction of sp³-hybridized carbons (Fsp3) is 0.667. The highest BCUT2D eigenvalue weighted by Crippen LogP contribution is 2.42. The zero-order valence-corrected chi connectivity index (χ0v) is 15.2. The van der Waals surface area contributed by atoms with Crippen LogP contribution in [-0.4, -0.2) is 29.0 Å². The molecule has 134 valence electrons. The van der Waals surface area contributed by atoms with Crippen LogP contribution in [0.1, 0.15) is 58.8 Å². The van der Waals surface area contributed by atoms with Crippen LogP contribution < -0.4 is 0 Å². The Balaban J connectivity index is 2.20. The van der Waals surface area contributed by atoms with Crippen molar-refractivity contribution in [1.82, 2.24) is 0 Å². The highest BCUT2D eigenvalue weighted by molar-refractivity contribution is 6.29. The molecule has 0 aromatic carbocycles. The number of aliphatic hydroxyl groups is 1. The van der Waals surface area contributed by atoms with Crippen molar-refractivity contribution in [3.8, 4) is 0 Å². The van der Waals surface area contributed by atoms with Crippen LogP contribution in [0, 0.1) is 5.92 Å². The average Bonchev–Trinajstić information content (AvgIpc) is 2.49. The minimum atomic E-state index is -0.556. The minimum absolute atomic E-state index is 0.0552. The van der Waals surface area contributed by atoms with Crippen molar-refractivity contribution in [1.29, 1.82) is 0 Å². The van der Waals surface area contributed by atoms with E-state index in [1.807, 2.05) is 6.92 Å². The summed E-state index contributed by atoms with van der Waals surface area (Å²) in [4.78, 5) is 17.7. The molecule has 5 nitrogen and oxygen atoms in total. The van der Waals surface area contributed by atoms with Gasteiger partial charge in [0.15, 0.2) is 6.61 Å². The van der Waals surface area contributed by atoms with Crippen LogP contribution in [0.5, 0.6) is 0 Å². The summed E-state index contributed by atoms with van der Waals surface area (Å²) in [6.07, 6.45) is 5.22. The number of nitrogens with zero attached hydrogens (tertiary/aromatic N) is 1. The van der Waals surface area contributed by atoms with E-state index in [9.17, 15) is 9.90 Å². The Morgan fingerprint density at radius 1 is 1.50 bits per heavy atom. The molecule has 1 aliphatic carbocycles. The van der Waals surface area contributed by atoms with Crippen LogP contribution in [-0.2, 0) is 14.4 Å². The van der Waals surface area contributed by atoms with Gasteiger partial charge in [-0.2, -0.15) is 0 Å². The Bertz CT molecular complexity index is 559. The fourth-order valence-electron chi connectivity index (χ4n) is 3.28. The molecule has 0 atom stereocenters. The molecule has 24 heavy (non-hydrogen) atoms. The summed E-state index contributed by atoms with van der Waals surface area (Å²) in [5, 5.41) is 14.8. The molecule has 1 N–H and O–H groups in total. The lowest BCUT2D eigenvalue weighted by Gasteiger charge is -2.41. The Morgan fingerprint density at radius 3 is 2.71 bits per heavy atom. The van der Waals surface area contributed by atoms with Gasteiger partial charge in [-0.15, -0.1) is 0 Å². The summed E-state index contributed by atoms with van der Waals surface area (Å²) in [5.41, 5.74) is -0.0157. The molecule has 0 saturated heterocycles. The van der Waals surface area contributed by atoms with Gasteiger partial charge in [-0.25, -0.2) is 4.79 Å². The summed E-state index contributed by atoms with van der Waals surface area (Å²) < 4.78 is 5.76. The maximum Gasteiger partial charge on any atom is 0.344 e. The molecule has 2 rings (SSSR count). The van der Waals surface area contributed by atoms with Crippen molar-refractivity contribution in [2.24, 2.45) is 11.1 Å². The third kappa shape index (κ3) is 4.53. The van der Waals surface area contributed by atoms with E-state index in [1.54, 1.807) is 0 Å². The molecular weight excluding hydrogens is 330 g/mol. The van der Waals surface area contributed by atoms with E-state index in [0.29, 0.717) is 29.5 Å². The van der Waals surface area contributed by atoms with Gasteiger partial charge in [-0.05, 0) is 38.0 Å². The van der Waals surface area contributed by atoms with Gasteiger partial charge in [0.2, 0.25) is 0 Å². The van der Waals surface area contributed by atoms with Crippen LogP contribution in [0.25, 0.3) is 0 Å². The standard InChI is InChI=1S/C18H26ClNO4/c1-4-5-14(20-23-11-13(3)19)16-15(21)10-18(24-17(16)22)8-6-12(2)7-9-18/h12,21H,3-11H2,1-2H3/b20-14-. The van der Waals surface area contributed by atoms with Gasteiger partial charge >= 0.3 is 5.97 Å². The molecule has 0 unspecified atom stereocenters. The summed E-state index contributed by atoms with van der Waals surface area (Å²) >= 11 is 5.65. The molecule has 0 radical (unpaired) electrons. The first-order valence-electron chi connectivity index (χ1n) is 8.55. The van der Waals surface area contributed by atoms with Crippen molar-refractivity contribution in [3.63, 3.8) is 0 Å². The quantitative estimate of drug-likeness (QED) is 0.429. The molecule has 1 fully saturated rings. The molecule has 0 aromatic rings. The topological polar surface area (TPSA) is 68.1 Å². The first-order chi connectivity index (χ1) is 11.4. The lowest BCUT2D eigenvalue weighted by molar-refractivity contribution is -0.162. The van der Waals surface area contributed by atoms with Crippen molar-refractivity contribution >= 4 is 23.3 Å². The lowest BCUT2D eigenvalue weighted by atomic mass is 9.75. The van der Waals surface area contributed by atoms with Gasteiger partial charge in [0.05, 0.1) is 10.7 Å². The number of rotatable bonds is 6. The first-order valence-corrected chi connectivity index (χ1v) is 8.92. The van der Waals surface area contributed by atoms with Crippen molar-refractivity contribution < 1.29 is 19.5 Å². The predicted octanol–water partition coefficient (Wildman–Crippen LogP) is 4.62. The van der Waals surface area contributed by atoms with Crippen molar-refractivity contribution in [2.75, 3.05) is 6.61 Å². The number of carbonyl (C=O) groups is 1. The third-order valence-electron chi connectivity index (χ3n) is 4.65. The number of ether oxygens (including phenoxy) is 1. The summed E-state index contributed by atoms with van der Waals surface area (Å²) in [6.45, 7) is 7.74. The van der Waals surface area contributed by atoms with Gasteiger partial charge in [0.25, 0.3) is 0 Å². The molecule has 1 aliphatic heterocycles. The number of hydrogen-bond acceptors (Lipinski definition) is 5. The Hall–Kier alpha value is -1.49. The van der Waals surface area contributed by atoms with Crippen LogP contribution in [0.15, 0.2) is 28.1 Å². The van der Waals surface area contributed by atoms with Crippen LogP contribution in [0.2, 0.25) is 0 Å². The second-order valence-corrected chi connectivity index (χ2v) is 7.37. The van der Waals surface area contributed by atoms with Crippen LogP contribution in [0.3, 0.4) is 0 Å². The molecular formula is C18H26ClNO4. The maximum absolute atomic E-state index is 12.6. The smallest absolute Gasteiger partial charge is 0.344 e. The van der Waals surface area contributed by atoms with E-state index in [-0.39, 0.29) is 17.9 Å². The molecule has 1 saturated carbocycles. The number of aliphatic hydroxyl groups excluding tert-OH is 1. The Labute approximate surface area is 148 Å². The SMILES string of the molecule is C=C(Cl)CO/N=C(/CCC)C1=C(O)CC2(CCC(C)CC2)OC1=O. The number of oxime groups is 1. The van der Waals surface area contributed by atoms with E-state index < -0.39 is 11.6 Å². The summed E-state index contributed by atoms with van der Waals surface area (Å²) in [6, 6.07) is 0. The van der Waals surface area contributed by atoms with E-state index in [1.165, 1.54) is 0 Å². The monoisotopic (exact) mass is 355 g/mol. The molecule has 0 amide bonds. The predicted molar refractivity (Wildman–Crippen MR) is 94.0 cm³/mol. The minimum Gasteiger partial charge on any atom is -0.511 e. The van der Waals surface area contributed by atoms with E-state index >= 15 is 0 Å². The van der Waals surface area contributed by atoms with Gasteiger partial charge in [-0.3, -0.25) is 0 Å². The molecule has 0 bridgehead atoms.